The van der Waals surface area contributed by atoms with Crippen molar-refractivity contribution in [2.45, 2.75) is 12.7 Å². The maximum atomic E-state index is 13.1. The van der Waals surface area contributed by atoms with Gasteiger partial charge in [-0.15, -0.1) is 0 Å². The van der Waals surface area contributed by atoms with Crippen molar-refractivity contribution in [1.82, 2.24) is 4.90 Å². The Morgan fingerprint density at radius 3 is 2.38 bits per heavy atom. The molecule has 0 fully saturated rings. The predicted molar refractivity (Wildman–Crippen MR) is 98.9 cm³/mol. The van der Waals surface area contributed by atoms with Crippen LogP contribution in [0.5, 0.6) is 11.5 Å². The van der Waals surface area contributed by atoms with Gasteiger partial charge >= 0.3 is 0 Å². The molecule has 0 aliphatic carbocycles. The number of carbonyl (C=O) groups is 1. The molecule has 0 saturated heterocycles. The van der Waals surface area contributed by atoms with E-state index in [4.69, 9.17) is 0 Å². The van der Waals surface area contributed by atoms with Crippen molar-refractivity contribution < 1.29 is 15.0 Å². The van der Waals surface area contributed by atoms with Gasteiger partial charge in [-0.1, -0.05) is 48.5 Å². The first-order chi connectivity index (χ1) is 12.6. The summed E-state index contributed by atoms with van der Waals surface area (Å²) in [4.78, 5) is 14.9. The average molecular weight is 346 g/mol. The van der Waals surface area contributed by atoms with Crippen LogP contribution in [0.15, 0.2) is 72.8 Å². The van der Waals surface area contributed by atoms with Crippen LogP contribution in [-0.4, -0.2) is 21.0 Å². The predicted octanol–water partition coefficient (Wildman–Crippen LogP) is 3.86. The summed E-state index contributed by atoms with van der Waals surface area (Å²) in [5.74, 6) is -0.484. The lowest BCUT2D eigenvalue weighted by Gasteiger charge is -2.38. The first kappa shape index (κ1) is 16.0. The second kappa shape index (κ2) is 6.44. The fourth-order valence-electron chi connectivity index (χ4n) is 3.21. The smallest absolute Gasteiger partial charge is 0.258 e. The minimum Gasteiger partial charge on any atom is -0.504 e. The highest BCUT2D eigenvalue weighted by Crippen LogP contribution is 2.36. The van der Waals surface area contributed by atoms with E-state index < -0.39 is 6.17 Å². The second-order valence-electron chi connectivity index (χ2n) is 6.26. The fraction of sp³-hybridized carbons (Fsp3) is 0.0952. The molecule has 0 aromatic heterocycles. The molecular weight excluding hydrogens is 328 g/mol. The van der Waals surface area contributed by atoms with Crippen LogP contribution in [0.4, 0.5) is 5.69 Å². The highest BCUT2D eigenvalue weighted by Gasteiger charge is 2.33. The molecule has 0 saturated carbocycles. The quantitative estimate of drug-likeness (QED) is 0.630. The van der Waals surface area contributed by atoms with Crippen LogP contribution in [0.1, 0.15) is 27.7 Å². The third-order valence-corrected chi connectivity index (χ3v) is 4.53. The van der Waals surface area contributed by atoms with Crippen LogP contribution >= 0.6 is 0 Å². The summed E-state index contributed by atoms with van der Waals surface area (Å²) in [5.41, 5.74) is 3.07. The topological polar surface area (TPSA) is 72.8 Å². The van der Waals surface area contributed by atoms with Gasteiger partial charge in [0.15, 0.2) is 11.5 Å². The van der Waals surface area contributed by atoms with Gasteiger partial charge < -0.3 is 20.4 Å². The van der Waals surface area contributed by atoms with Crippen LogP contribution in [-0.2, 0) is 6.54 Å². The zero-order valence-corrected chi connectivity index (χ0v) is 14.0. The molecule has 5 heteroatoms. The number of aromatic hydroxyl groups is 2. The average Bonchev–Trinajstić information content (AvgIpc) is 2.67. The Labute approximate surface area is 151 Å². The zero-order chi connectivity index (χ0) is 18.1. The number of rotatable bonds is 3. The van der Waals surface area contributed by atoms with Gasteiger partial charge in [0.05, 0.1) is 5.56 Å². The highest BCUT2D eigenvalue weighted by atomic mass is 16.3. The number of phenols is 2. The molecule has 130 valence electrons. The number of amides is 1. The van der Waals surface area contributed by atoms with Gasteiger partial charge in [-0.25, -0.2) is 0 Å². The first-order valence-electron chi connectivity index (χ1n) is 8.36. The summed E-state index contributed by atoms with van der Waals surface area (Å²) >= 11 is 0. The number of nitrogens with zero attached hydrogens (tertiary/aromatic N) is 1. The number of para-hydroxylation sites is 1. The van der Waals surface area contributed by atoms with E-state index in [1.54, 1.807) is 17.0 Å². The van der Waals surface area contributed by atoms with Gasteiger partial charge in [0.25, 0.3) is 5.91 Å². The maximum Gasteiger partial charge on any atom is 0.258 e. The zero-order valence-electron chi connectivity index (χ0n) is 14.0. The molecule has 1 amide bonds. The molecule has 0 unspecified atom stereocenters. The fourth-order valence-corrected chi connectivity index (χ4v) is 3.21. The van der Waals surface area contributed by atoms with Gasteiger partial charge in [-0.05, 0) is 35.4 Å². The third-order valence-electron chi connectivity index (χ3n) is 4.53. The van der Waals surface area contributed by atoms with E-state index in [2.05, 4.69) is 5.32 Å². The van der Waals surface area contributed by atoms with Crippen molar-refractivity contribution in [3.8, 4) is 11.5 Å². The lowest BCUT2D eigenvalue weighted by Crippen LogP contribution is -2.42. The summed E-state index contributed by atoms with van der Waals surface area (Å²) in [5, 5.41) is 22.9. The summed E-state index contributed by atoms with van der Waals surface area (Å²) in [7, 11) is 0. The number of anilines is 1. The van der Waals surface area contributed by atoms with Crippen molar-refractivity contribution in [2.75, 3.05) is 5.32 Å². The van der Waals surface area contributed by atoms with Crippen molar-refractivity contribution in [3.05, 3.63) is 89.5 Å². The molecule has 3 N–H and O–H groups in total. The number of carbonyl (C=O) groups excluding carboxylic acids is 1. The van der Waals surface area contributed by atoms with E-state index in [1.807, 2.05) is 48.5 Å². The molecule has 1 aliphatic heterocycles. The summed E-state index contributed by atoms with van der Waals surface area (Å²) in [6, 6.07) is 21.7. The molecule has 0 spiro atoms. The molecule has 3 aromatic carbocycles. The molecule has 4 rings (SSSR count). The van der Waals surface area contributed by atoms with Gasteiger partial charge in [-0.3, -0.25) is 4.79 Å². The number of nitrogens with one attached hydrogen (secondary N) is 1. The molecule has 0 radical (unpaired) electrons. The SMILES string of the molecule is O=C1c2ccccc2N[C@H](c2ccc(O)c(O)c2)N1Cc1ccccc1. The molecule has 1 aliphatic rings. The van der Waals surface area contributed by atoms with Gasteiger partial charge in [0.2, 0.25) is 0 Å². The molecule has 5 nitrogen and oxygen atoms in total. The van der Waals surface area contributed by atoms with Crippen LogP contribution < -0.4 is 5.32 Å². The van der Waals surface area contributed by atoms with Crippen LogP contribution in [0, 0.1) is 0 Å². The van der Waals surface area contributed by atoms with Crippen LogP contribution in [0.3, 0.4) is 0 Å². The number of fused-ring (bicyclic) bond motifs is 1. The molecule has 1 heterocycles. The van der Waals surface area contributed by atoms with Gasteiger partial charge in [0.1, 0.15) is 6.17 Å². The molecule has 26 heavy (non-hydrogen) atoms. The van der Waals surface area contributed by atoms with Crippen LogP contribution in [0.2, 0.25) is 0 Å². The minimum atomic E-state index is -0.455. The van der Waals surface area contributed by atoms with E-state index in [-0.39, 0.29) is 17.4 Å². The minimum absolute atomic E-state index is 0.0826. The monoisotopic (exact) mass is 346 g/mol. The van der Waals surface area contributed by atoms with Crippen molar-refractivity contribution in [2.24, 2.45) is 0 Å². The van der Waals surface area contributed by atoms with Gasteiger partial charge in [0, 0.05) is 12.2 Å². The van der Waals surface area contributed by atoms with Gasteiger partial charge in [-0.2, -0.15) is 0 Å². The Bertz CT molecular complexity index is 956. The largest absolute Gasteiger partial charge is 0.504 e. The lowest BCUT2D eigenvalue weighted by atomic mass is 10.0. The lowest BCUT2D eigenvalue weighted by molar-refractivity contribution is 0.0666. The number of hydrogen-bond donors (Lipinski definition) is 3. The summed E-state index contributed by atoms with van der Waals surface area (Å²) in [6.45, 7) is 0.424. The molecule has 3 aromatic rings. The van der Waals surface area contributed by atoms with Crippen molar-refractivity contribution in [3.63, 3.8) is 0 Å². The Morgan fingerprint density at radius 2 is 1.62 bits per heavy atom. The Kier molecular flexibility index (Phi) is 3.97. The number of hydrogen-bond acceptors (Lipinski definition) is 4. The van der Waals surface area contributed by atoms with E-state index in [0.717, 1.165) is 11.3 Å². The van der Waals surface area contributed by atoms with E-state index in [0.29, 0.717) is 17.7 Å². The third kappa shape index (κ3) is 2.84. The van der Waals surface area contributed by atoms with E-state index in [9.17, 15) is 15.0 Å². The molecule has 1 atom stereocenters. The Balaban J connectivity index is 1.77. The highest BCUT2D eigenvalue weighted by molar-refractivity contribution is 6.01. The second-order valence-corrected chi connectivity index (χ2v) is 6.26. The summed E-state index contributed by atoms with van der Waals surface area (Å²) < 4.78 is 0. The Hall–Kier alpha value is -3.47. The maximum absolute atomic E-state index is 13.1. The normalized spacial score (nSPS) is 16.1. The first-order valence-corrected chi connectivity index (χ1v) is 8.36. The molecule has 0 bridgehead atoms. The van der Waals surface area contributed by atoms with Crippen molar-refractivity contribution in [1.29, 1.82) is 0 Å². The summed E-state index contributed by atoms with van der Waals surface area (Å²) in [6.07, 6.45) is -0.455. The molecular formula is C21H18N2O3. The standard InChI is InChI=1S/C21H18N2O3/c24-18-11-10-15(12-19(18)25)20-22-17-9-5-4-8-16(17)21(26)23(20)13-14-6-2-1-3-7-14/h1-12,20,22,24-25H,13H2/t20-/m0/s1. The van der Waals surface area contributed by atoms with Crippen LogP contribution in [0.25, 0.3) is 0 Å². The number of phenolic OH excluding ortho intramolecular Hbond substituents is 2. The number of benzene rings is 3. The van der Waals surface area contributed by atoms with E-state index in [1.165, 1.54) is 12.1 Å². The van der Waals surface area contributed by atoms with Crippen molar-refractivity contribution >= 4 is 11.6 Å². The van der Waals surface area contributed by atoms with E-state index >= 15 is 0 Å². The Morgan fingerprint density at radius 1 is 0.885 bits per heavy atom.